The molecular formula is C25H28ClFN4O3. The minimum atomic E-state index is -0.545. The average Bonchev–Trinajstić information content (AvgIpc) is 2.82. The molecule has 7 nitrogen and oxygen atoms in total. The number of halogens is 2. The molecule has 9 heteroatoms. The monoisotopic (exact) mass is 486 g/mol. The predicted octanol–water partition coefficient (Wildman–Crippen LogP) is 5.10. The lowest BCUT2D eigenvalue weighted by Gasteiger charge is -2.35. The van der Waals surface area contributed by atoms with E-state index in [0.29, 0.717) is 28.2 Å². The molecule has 3 aromatic rings. The highest BCUT2D eigenvalue weighted by Gasteiger charge is 2.23. The van der Waals surface area contributed by atoms with Gasteiger partial charge in [0.1, 0.15) is 17.1 Å². The number of aromatic nitrogens is 1. The summed E-state index contributed by atoms with van der Waals surface area (Å²) in [4.78, 5) is 21.8. The number of hydrogen-bond donors (Lipinski definition) is 1. The molecule has 0 radical (unpaired) electrons. The van der Waals surface area contributed by atoms with Crippen LogP contribution in [0.5, 0.6) is 5.75 Å². The molecule has 180 valence electrons. The van der Waals surface area contributed by atoms with Crippen molar-refractivity contribution in [3.63, 3.8) is 0 Å². The second-order valence-corrected chi connectivity index (χ2v) is 8.51. The fraction of sp³-hybridized carbons (Fsp3) is 0.360. The number of likely N-dealkylation sites (N-methyl/N-ethyl adjacent to an activating group) is 1. The van der Waals surface area contributed by atoms with Gasteiger partial charge in [-0.15, -0.1) is 0 Å². The maximum absolute atomic E-state index is 14.6. The number of anilines is 3. The Morgan fingerprint density at radius 1 is 1.15 bits per heavy atom. The van der Waals surface area contributed by atoms with Crippen LogP contribution in [0.3, 0.4) is 0 Å². The maximum atomic E-state index is 14.6. The zero-order valence-corrected chi connectivity index (χ0v) is 20.3. The molecule has 0 amide bonds. The quantitative estimate of drug-likeness (QED) is 0.466. The number of ether oxygens (including phenoxy) is 2. The van der Waals surface area contributed by atoms with Crippen molar-refractivity contribution in [3.8, 4) is 5.75 Å². The second-order valence-electron chi connectivity index (χ2n) is 8.08. The first-order chi connectivity index (χ1) is 16.4. The molecular weight excluding hydrogens is 459 g/mol. The molecule has 0 unspecified atom stereocenters. The molecule has 0 saturated carbocycles. The molecule has 1 aliphatic rings. The second kappa shape index (κ2) is 10.4. The van der Waals surface area contributed by atoms with Crippen LogP contribution >= 0.6 is 11.6 Å². The Morgan fingerprint density at radius 2 is 1.91 bits per heavy atom. The number of esters is 1. The summed E-state index contributed by atoms with van der Waals surface area (Å²) in [5.74, 6) is -0.318. The van der Waals surface area contributed by atoms with Crippen molar-refractivity contribution < 1.29 is 18.7 Å². The number of carbonyl (C=O) groups is 1. The van der Waals surface area contributed by atoms with Gasteiger partial charge in [0.15, 0.2) is 0 Å². The number of hydrogen-bond acceptors (Lipinski definition) is 7. The van der Waals surface area contributed by atoms with Crippen molar-refractivity contribution in [1.82, 2.24) is 9.88 Å². The lowest BCUT2D eigenvalue weighted by molar-refractivity contribution is 0.0527. The standard InChI is InChI=1S/C25H28ClFN4O3/c1-4-33-23-14-20-17(13-22(23)31-10-8-30(3)9-11-31)24(18(15-28-20)25(32)34-5-2)29-21-12-16(26)6-7-19(21)27/h6-7,12-15H,4-5,8-11H2,1-3H3,(H,28,29). The van der Waals surface area contributed by atoms with Gasteiger partial charge in [0.25, 0.3) is 0 Å². The maximum Gasteiger partial charge on any atom is 0.341 e. The van der Waals surface area contributed by atoms with E-state index in [0.717, 1.165) is 37.6 Å². The molecule has 1 aliphatic heterocycles. The summed E-state index contributed by atoms with van der Waals surface area (Å²) in [5.41, 5.74) is 2.28. The van der Waals surface area contributed by atoms with Crippen LogP contribution in [0.2, 0.25) is 5.02 Å². The molecule has 1 saturated heterocycles. The highest BCUT2D eigenvalue weighted by molar-refractivity contribution is 6.30. The third-order valence-electron chi connectivity index (χ3n) is 5.78. The minimum Gasteiger partial charge on any atom is -0.492 e. The number of benzene rings is 2. The van der Waals surface area contributed by atoms with Gasteiger partial charge >= 0.3 is 5.97 Å². The van der Waals surface area contributed by atoms with Gasteiger partial charge in [-0.3, -0.25) is 4.98 Å². The Morgan fingerprint density at radius 3 is 2.62 bits per heavy atom. The van der Waals surface area contributed by atoms with Gasteiger partial charge in [-0.05, 0) is 45.2 Å². The number of pyridine rings is 1. The lowest BCUT2D eigenvalue weighted by Crippen LogP contribution is -2.44. The molecule has 0 spiro atoms. The normalized spacial score (nSPS) is 14.3. The number of carbonyl (C=O) groups excluding carboxylic acids is 1. The van der Waals surface area contributed by atoms with Crippen LogP contribution in [0, 0.1) is 5.82 Å². The van der Waals surface area contributed by atoms with Crippen LogP contribution in [-0.2, 0) is 4.74 Å². The molecule has 0 aliphatic carbocycles. The first kappa shape index (κ1) is 24.0. The minimum absolute atomic E-state index is 0.153. The highest BCUT2D eigenvalue weighted by atomic mass is 35.5. The van der Waals surface area contributed by atoms with Crippen LogP contribution in [-0.4, -0.2) is 62.3 Å². The van der Waals surface area contributed by atoms with E-state index in [4.69, 9.17) is 21.1 Å². The predicted molar refractivity (Wildman–Crippen MR) is 133 cm³/mol. The van der Waals surface area contributed by atoms with Gasteiger partial charge in [0, 0.05) is 48.9 Å². The van der Waals surface area contributed by atoms with Crippen molar-refractivity contribution in [2.24, 2.45) is 0 Å². The molecule has 4 rings (SSSR count). The van der Waals surface area contributed by atoms with Gasteiger partial charge < -0.3 is 24.6 Å². The number of fused-ring (bicyclic) bond motifs is 1. The van der Waals surface area contributed by atoms with E-state index in [1.165, 1.54) is 24.4 Å². The molecule has 1 N–H and O–H groups in total. The molecule has 34 heavy (non-hydrogen) atoms. The van der Waals surface area contributed by atoms with E-state index in [2.05, 4.69) is 27.1 Å². The van der Waals surface area contributed by atoms with E-state index < -0.39 is 11.8 Å². The smallest absolute Gasteiger partial charge is 0.341 e. The number of nitrogens with one attached hydrogen (secondary N) is 1. The summed E-state index contributed by atoms with van der Waals surface area (Å²) in [6.45, 7) is 7.88. The Hall–Kier alpha value is -3.10. The fourth-order valence-electron chi connectivity index (χ4n) is 4.00. The highest BCUT2D eigenvalue weighted by Crippen LogP contribution is 2.39. The van der Waals surface area contributed by atoms with E-state index >= 15 is 0 Å². The summed E-state index contributed by atoms with van der Waals surface area (Å²) in [7, 11) is 2.10. The number of piperazine rings is 1. The van der Waals surface area contributed by atoms with Crippen LogP contribution < -0.4 is 15.0 Å². The topological polar surface area (TPSA) is 66.9 Å². The van der Waals surface area contributed by atoms with Gasteiger partial charge in [-0.2, -0.15) is 0 Å². The van der Waals surface area contributed by atoms with Gasteiger partial charge in [-0.1, -0.05) is 11.6 Å². The van der Waals surface area contributed by atoms with Crippen molar-refractivity contribution in [3.05, 3.63) is 52.9 Å². The lowest BCUT2D eigenvalue weighted by atomic mass is 10.1. The van der Waals surface area contributed by atoms with Crippen molar-refractivity contribution >= 4 is 45.5 Å². The first-order valence-corrected chi connectivity index (χ1v) is 11.7. The zero-order chi connectivity index (χ0) is 24.2. The SMILES string of the molecule is CCOC(=O)c1cnc2cc(OCC)c(N3CCN(C)CC3)cc2c1Nc1cc(Cl)ccc1F. The molecule has 2 aromatic carbocycles. The van der Waals surface area contributed by atoms with Crippen LogP contribution in [0.25, 0.3) is 10.9 Å². The summed E-state index contributed by atoms with van der Waals surface area (Å²) in [5, 5.41) is 4.11. The number of nitrogens with zero attached hydrogens (tertiary/aromatic N) is 3. The van der Waals surface area contributed by atoms with Crippen molar-refractivity contribution in [2.45, 2.75) is 13.8 Å². The average molecular weight is 487 g/mol. The van der Waals surface area contributed by atoms with Gasteiger partial charge in [0.2, 0.25) is 0 Å². The molecule has 1 aromatic heterocycles. The molecule has 0 bridgehead atoms. The largest absolute Gasteiger partial charge is 0.492 e. The van der Waals surface area contributed by atoms with E-state index in [-0.39, 0.29) is 17.9 Å². The third kappa shape index (κ3) is 5.03. The summed E-state index contributed by atoms with van der Waals surface area (Å²) < 4.78 is 25.8. The van der Waals surface area contributed by atoms with Gasteiger partial charge in [0.05, 0.1) is 35.8 Å². The molecule has 0 atom stereocenters. The van der Waals surface area contributed by atoms with E-state index in [1.807, 2.05) is 19.1 Å². The Labute approximate surface area is 203 Å². The zero-order valence-electron chi connectivity index (χ0n) is 19.5. The van der Waals surface area contributed by atoms with Crippen LogP contribution in [0.1, 0.15) is 24.2 Å². The van der Waals surface area contributed by atoms with Crippen molar-refractivity contribution in [2.75, 3.05) is 56.7 Å². The van der Waals surface area contributed by atoms with Gasteiger partial charge in [-0.25, -0.2) is 9.18 Å². The Balaban J connectivity index is 1.90. The third-order valence-corrected chi connectivity index (χ3v) is 6.01. The van der Waals surface area contributed by atoms with E-state index in [9.17, 15) is 9.18 Å². The Bertz CT molecular complexity index is 1200. The Kier molecular flexibility index (Phi) is 7.38. The molecule has 2 heterocycles. The summed E-state index contributed by atoms with van der Waals surface area (Å²) >= 11 is 6.11. The van der Waals surface area contributed by atoms with E-state index in [1.54, 1.807) is 6.92 Å². The van der Waals surface area contributed by atoms with Crippen molar-refractivity contribution in [1.29, 1.82) is 0 Å². The first-order valence-electron chi connectivity index (χ1n) is 11.3. The summed E-state index contributed by atoms with van der Waals surface area (Å²) in [6.07, 6.45) is 1.44. The fourth-order valence-corrected chi connectivity index (χ4v) is 4.17. The molecule has 1 fully saturated rings. The number of rotatable bonds is 7. The van der Waals surface area contributed by atoms with Crippen LogP contribution in [0.15, 0.2) is 36.5 Å². The van der Waals surface area contributed by atoms with Crippen LogP contribution in [0.4, 0.5) is 21.5 Å². The summed E-state index contributed by atoms with van der Waals surface area (Å²) in [6, 6.07) is 8.04.